The minimum atomic E-state index is -0.474. The summed E-state index contributed by atoms with van der Waals surface area (Å²) in [4.78, 5) is 21.7. The van der Waals surface area contributed by atoms with Crippen molar-refractivity contribution in [3.63, 3.8) is 0 Å². The van der Waals surface area contributed by atoms with Crippen molar-refractivity contribution in [1.29, 1.82) is 0 Å². The molecule has 2 N–H and O–H groups in total. The van der Waals surface area contributed by atoms with Crippen LogP contribution in [0.1, 0.15) is 49.2 Å². The SMILES string of the molecule is COc1ccc(C2=NO[C@](C)([C@H]3CC=C(C)/C(=N/NC(=O)c4cc5cc(F)ccc5[nH]4)C3)C2)cc1. The molecule has 0 saturated carbocycles. The number of H-pyrrole nitrogens is 1. The molecule has 2 aromatic carbocycles. The number of rotatable bonds is 5. The number of carbonyl (C=O) groups is 1. The van der Waals surface area contributed by atoms with E-state index in [2.05, 4.69) is 33.7 Å². The topological polar surface area (TPSA) is 88.1 Å². The van der Waals surface area contributed by atoms with E-state index in [0.29, 0.717) is 29.4 Å². The van der Waals surface area contributed by atoms with Gasteiger partial charge in [-0.3, -0.25) is 4.79 Å². The quantitative estimate of drug-likeness (QED) is 0.489. The predicted molar refractivity (Wildman–Crippen MR) is 133 cm³/mol. The number of benzene rings is 2. The van der Waals surface area contributed by atoms with E-state index in [0.717, 1.165) is 34.7 Å². The summed E-state index contributed by atoms with van der Waals surface area (Å²) in [6, 6.07) is 13.8. The Bertz CT molecular complexity index is 1370. The third kappa shape index (κ3) is 4.56. The van der Waals surface area contributed by atoms with Gasteiger partial charge in [0.05, 0.1) is 18.5 Å². The highest BCUT2D eigenvalue weighted by Gasteiger charge is 2.43. The number of aromatic nitrogens is 1. The van der Waals surface area contributed by atoms with E-state index in [1.54, 1.807) is 19.2 Å². The van der Waals surface area contributed by atoms with Crippen LogP contribution in [-0.2, 0) is 4.84 Å². The van der Waals surface area contributed by atoms with Crippen LogP contribution in [0.15, 0.2) is 70.4 Å². The van der Waals surface area contributed by atoms with Gasteiger partial charge in [0.1, 0.15) is 22.9 Å². The Hall–Kier alpha value is -3.94. The summed E-state index contributed by atoms with van der Waals surface area (Å²) in [6.45, 7) is 4.07. The standard InChI is InChI=1S/C27H27FN4O3/c1-16-4-7-19(27(2)15-25(32-35-27)17-5-9-21(34-3)10-6-17)14-23(16)30-31-26(33)24-13-18-12-20(28)8-11-22(18)29-24/h4-6,8-13,19,29H,7,14-15H2,1-3H3,(H,31,33)/b30-23+/t19-,27-/m0/s1. The van der Waals surface area contributed by atoms with Gasteiger partial charge < -0.3 is 14.6 Å². The summed E-state index contributed by atoms with van der Waals surface area (Å²) in [5.74, 6) is 0.223. The molecule has 180 valence electrons. The van der Waals surface area contributed by atoms with E-state index in [1.165, 1.54) is 12.1 Å². The van der Waals surface area contributed by atoms with Crippen LogP contribution >= 0.6 is 0 Å². The molecule has 2 heterocycles. The summed E-state index contributed by atoms with van der Waals surface area (Å²) in [6.07, 6.45) is 4.31. The Morgan fingerprint density at radius 2 is 2.06 bits per heavy atom. The number of fused-ring (bicyclic) bond motifs is 1. The van der Waals surface area contributed by atoms with Crippen LogP contribution in [-0.4, -0.2) is 35.0 Å². The number of aromatic amines is 1. The lowest BCUT2D eigenvalue weighted by Gasteiger charge is -2.34. The van der Waals surface area contributed by atoms with Gasteiger partial charge in [-0.1, -0.05) is 11.2 Å². The first-order valence-corrected chi connectivity index (χ1v) is 11.6. The van der Waals surface area contributed by atoms with Crippen LogP contribution in [0.3, 0.4) is 0 Å². The molecule has 1 aliphatic carbocycles. The average molecular weight is 475 g/mol. The van der Waals surface area contributed by atoms with E-state index in [9.17, 15) is 9.18 Å². The Balaban J connectivity index is 1.27. The Kier molecular flexibility index (Phi) is 5.88. The number of nitrogens with zero attached hydrogens (tertiary/aromatic N) is 2. The van der Waals surface area contributed by atoms with Crippen molar-refractivity contribution in [2.45, 2.75) is 38.7 Å². The van der Waals surface area contributed by atoms with Gasteiger partial charge in [0.15, 0.2) is 0 Å². The summed E-state index contributed by atoms with van der Waals surface area (Å²) in [7, 11) is 1.64. The molecule has 1 aromatic heterocycles. The fraction of sp³-hybridized carbons (Fsp3) is 0.296. The number of allylic oxidation sites excluding steroid dienone is 2. The number of ether oxygens (including phenoxy) is 1. The van der Waals surface area contributed by atoms with Gasteiger partial charge in [0.25, 0.3) is 5.91 Å². The van der Waals surface area contributed by atoms with Gasteiger partial charge in [0, 0.05) is 23.2 Å². The molecular formula is C27H27FN4O3. The number of hydrogen-bond acceptors (Lipinski definition) is 5. The molecule has 1 aliphatic heterocycles. The van der Waals surface area contributed by atoms with Crippen molar-refractivity contribution in [3.8, 4) is 5.75 Å². The van der Waals surface area contributed by atoms with E-state index in [4.69, 9.17) is 9.57 Å². The first-order chi connectivity index (χ1) is 16.8. The van der Waals surface area contributed by atoms with Crippen molar-refractivity contribution in [3.05, 3.63) is 77.3 Å². The number of amides is 1. The zero-order chi connectivity index (χ0) is 24.6. The number of halogens is 1. The fourth-order valence-electron chi connectivity index (χ4n) is 4.63. The lowest BCUT2D eigenvalue weighted by Crippen LogP contribution is -2.38. The summed E-state index contributed by atoms with van der Waals surface area (Å²) >= 11 is 0. The van der Waals surface area contributed by atoms with Crippen LogP contribution in [0.4, 0.5) is 4.39 Å². The first kappa shape index (κ1) is 22.8. The molecule has 0 saturated heterocycles. The molecule has 0 spiro atoms. The predicted octanol–water partition coefficient (Wildman–Crippen LogP) is 5.34. The molecule has 7 nitrogen and oxygen atoms in total. The monoisotopic (exact) mass is 474 g/mol. The number of methoxy groups -OCH3 is 1. The second kappa shape index (κ2) is 9.02. The molecule has 0 unspecified atom stereocenters. The number of hydrazone groups is 1. The highest BCUT2D eigenvalue weighted by atomic mass is 19.1. The summed E-state index contributed by atoms with van der Waals surface area (Å²) in [5, 5.41) is 9.45. The number of oxime groups is 1. The van der Waals surface area contributed by atoms with E-state index in [1.807, 2.05) is 31.2 Å². The van der Waals surface area contributed by atoms with Crippen molar-refractivity contribution < 1.29 is 18.8 Å². The largest absolute Gasteiger partial charge is 0.497 e. The van der Waals surface area contributed by atoms with Crippen molar-refractivity contribution in [1.82, 2.24) is 10.4 Å². The lowest BCUT2D eigenvalue weighted by molar-refractivity contribution is -0.0470. The average Bonchev–Trinajstić information content (AvgIpc) is 3.47. The zero-order valence-corrected chi connectivity index (χ0v) is 19.9. The van der Waals surface area contributed by atoms with Gasteiger partial charge in [-0.05, 0) is 86.4 Å². The Morgan fingerprint density at radius 3 is 2.83 bits per heavy atom. The Labute approximate surface area is 202 Å². The minimum Gasteiger partial charge on any atom is -0.497 e. The smallest absolute Gasteiger partial charge is 0.287 e. The van der Waals surface area contributed by atoms with Crippen LogP contribution < -0.4 is 10.2 Å². The molecule has 5 rings (SSSR count). The summed E-state index contributed by atoms with van der Waals surface area (Å²) in [5.41, 5.74) is 6.94. The maximum absolute atomic E-state index is 13.5. The van der Waals surface area contributed by atoms with Gasteiger partial charge in [-0.15, -0.1) is 0 Å². The van der Waals surface area contributed by atoms with E-state index >= 15 is 0 Å². The third-order valence-electron chi connectivity index (χ3n) is 6.89. The van der Waals surface area contributed by atoms with E-state index in [-0.39, 0.29) is 17.6 Å². The van der Waals surface area contributed by atoms with Crippen LogP contribution in [0.25, 0.3) is 10.9 Å². The highest BCUT2D eigenvalue weighted by Crippen LogP contribution is 2.40. The molecular weight excluding hydrogens is 447 g/mol. The molecule has 35 heavy (non-hydrogen) atoms. The van der Waals surface area contributed by atoms with E-state index < -0.39 is 5.60 Å². The van der Waals surface area contributed by atoms with Crippen LogP contribution in [0.2, 0.25) is 0 Å². The number of carbonyl (C=O) groups excluding carboxylic acids is 1. The van der Waals surface area contributed by atoms with Gasteiger partial charge in [0.2, 0.25) is 0 Å². The fourth-order valence-corrected chi connectivity index (χ4v) is 4.63. The lowest BCUT2D eigenvalue weighted by atomic mass is 9.75. The Morgan fingerprint density at radius 1 is 1.26 bits per heavy atom. The zero-order valence-electron chi connectivity index (χ0n) is 19.9. The van der Waals surface area contributed by atoms with Gasteiger partial charge in [-0.2, -0.15) is 5.10 Å². The minimum absolute atomic E-state index is 0.150. The molecule has 0 fully saturated rings. The third-order valence-corrected chi connectivity index (χ3v) is 6.89. The van der Waals surface area contributed by atoms with Gasteiger partial charge >= 0.3 is 0 Å². The van der Waals surface area contributed by atoms with Crippen molar-refractivity contribution >= 4 is 28.2 Å². The molecule has 2 aliphatic rings. The number of nitrogens with one attached hydrogen (secondary N) is 2. The normalized spacial score (nSPS) is 23.1. The molecule has 2 atom stereocenters. The first-order valence-electron chi connectivity index (χ1n) is 11.6. The molecule has 8 heteroatoms. The highest BCUT2D eigenvalue weighted by molar-refractivity contribution is 6.04. The summed E-state index contributed by atoms with van der Waals surface area (Å²) < 4.78 is 18.7. The van der Waals surface area contributed by atoms with Gasteiger partial charge in [-0.25, -0.2) is 9.82 Å². The number of hydrogen-bond donors (Lipinski definition) is 2. The molecule has 1 amide bonds. The van der Waals surface area contributed by atoms with Crippen LogP contribution in [0.5, 0.6) is 5.75 Å². The second-order valence-corrected chi connectivity index (χ2v) is 9.29. The molecule has 0 bridgehead atoms. The molecule has 3 aromatic rings. The maximum atomic E-state index is 13.5. The van der Waals surface area contributed by atoms with Crippen molar-refractivity contribution in [2.24, 2.45) is 16.2 Å². The van der Waals surface area contributed by atoms with Crippen molar-refractivity contribution in [2.75, 3.05) is 7.11 Å². The van der Waals surface area contributed by atoms with Crippen LogP contribution in [0, 0.1) is 11.7 Å². The second-order valence-electron chi connectivity index (χ2n) is 9.29. The molecule has 0 radical (unpaired) electrons. The maximum Gasteiger partial charge on any atom is 0.287 e.